The number of fused-ring (bicyclic) bond motifs is 1. The monoisotopic (exact) mass is 263 g/mol. The Morgan fingerprint density at radius 1 is 1.05 bits per heavy atom. The predicted octanol–water partition coefficient (Wildman–Crippen LogP) is 3.84. The number of aryl methyl sites for hydroxylation is 3. The van der Waals surface area contributed by atoms with Crippen LogP contribution in [0.3, 0.4) is 0 Å². The third kappa shape index (κ3) is 2.23. The summed E-state index contributed by atoms with van der Waals surface area (Å²) in [6.07, 6.45) is 3.66. The molecule has 0 amide bonds. The van der Waals surface area contributed by atoms with Crippen molar-refractivity contribution < 1.29 is 0 Å². The molecule has 0 aliphatic rings. The zero-order valence-corrected chi connectivity index (χ0v) is 12.0. The van der Waals surface area contributed by atoms with E-state index in [1.165, 1.54) is 22.3 Å². The summed E-state index contributed by atoms with van der Waals surface area (Å²) in [5.41, 5.74) is 6.93. The van der Waals surface area contributed by atoms with Gasteiger partial charge in [0.05, 0.1) is 17.2 Å². The zero-order chi connectivity index (χ0) is 14.1. The number of rotatable bonds is 2. The number of para-hydroxylation sites is 2. The molecule has 0 radical (unpaired) electrons. The SMILES string of the molecule is Cc1cc(C)c(/C=N\n2cnc3ccccc32)c(C)c1. The summed E-state index contributed by atoms with van der Waals surface area (Å²) < 4.78 is 1.81. The minimum absolute atomic E-state index is 0.960. The summed E-state index contributed by atoms with van der Waals surface area (Å²) in [6, 6.07) is 12.4. The van der Waals surface area contributed by atoms with Crippen LogP contribution in [0.4, 0.5) is 0 Å². The van der Waals surface area contributed by atoms with Crippen LogP contribution in [0.15, 0.2) is 47.8 Å². The fraction of sp³-hybridized carbons (Fsp3) is 0.176. The summed E-state index contributed by atoms with van der Waals surface area (Å²) in [6.45, 7) is 6.35. The summed E-state index contributed by atoms with van der Waals surface area (Å²) in [5, 5.41) is 4.55. The Balaban J connectivity index is 2.03. The minimum atomic E-state index is 0.960. The topological polar surface area (TPSA) is 30.2 Å². The maximum absolute atomic E-state index is 4.55. The second kappa shape index (κ2) is 4.93. The van der Waals surface area contributed by atoms with E-state index in [4.69, 9.17) is 0 Å². The molecule has 0 saturated carbocycles. The number of nitrogens with zero attached hydrogens (tertiary/aromatic N) is 3. The van der Waals surface area contributed by atoms with Gasteiger partial charge in [0.15, 0.2) is 0 Å². The highest BCUT2D eigenvalue weighted by Gasteiger charge is 2.02. The van der Waals surface area contributed by atoms with Gasteiger partial charge in [-0.05, 0) is 44.0 Å². The molecule has 0 saturated heterocycles. The molecule has 3 nitrogen and oxygen atoms in total. The van der Waals surface area contributed by atoms with Crippen molar-refractivity contribution in [1.82, 2.24) is 9.66 Å². The maximum atomic E-state index is 4.55. The quantitative estimate of drug-likeness (QED) is 0.646. The fourth-order valence-electron chi connectivity index (χ4n) is 2.55. The van der Waals surface area contributed by atoms with E-state index in [-0.39, 0.29) is 0 Å². The molecule has 0 aliphatic carbocycles. The summed E-state index contributed by atoms with van der Waals surface area (Å²) >= 11 is 0. The van der Waals surface area contributed by atoms with Gasteiger partial charge in [0.1, 0.15) is 6.33 Å². The van der Waals surface area contributed by atoms with Crippen molar-refractivity contribution in [3.8, 4) is 0 Å². The van der Waals surface area contributed by atoms with Gasteiger partial charge in [0.2, 0.25) is 0 Å². The Labute approximate surface area is 118 Å². The molecule has 20 heavy (non-hydrogen) atoms. The van der Waals surface area contributed by atoms with Crippen LogP contribution in [0.5, 0.6) is 0 Å². The van der Waals surface area contributed by atoms with E-state index in [9.17, 15) is 0 Å². The summed E-state index contributed by atoms with van der Waals surface area (Å²) in [7, 11) is 0. The second-order valence-electron chi connectivity index (χ2n) is 5.13. The number of hydrogen-bond acceptors (Lipinski definition) is 2. The van der Waals surface area contributed by atoms with Crippen LogP contribution in [-0.2, 0) is 0 Å². The third-order valence-corrected chi connectivity index (χ3v) is 3.48. The molecule has 0 unspecified atom stereocenters. The van der Waals surface area contributed by atoms with Gasteiger partial charge in [0.25, 0.3) is 0 Å². The third-order valence-electron chi connectivity index (χ3n) is 3.48. The Hall–Kier alpha value is -2.42. The fourth-order valence-corrected chi connectivity index (χ4v) is 2.55. The van der Waals surface area contributed by atoms with Gasteiger partial charge in [-0.25, -0.2) is 9.66 Å². The summed E-state index contributed by atoms with van der Waals surface area (Å²) in [5.74, 6) is 0. The Kier molecular flexibility index (Phi) is 3.11. The van der Waals surface area contributed by atoms with E-state index in [0.717, 1.165) is 11.0 Å². The molecule has 1 aromatic heterocycles. The average molecular weight is 263 g/mol. The first-order valence-electron chi connectivity index (χ1n) is 6.69. The van der Waals surface area contributed by atoms with Crippen molar-refractivity contribution in [1.29, 1.82) is 0 Å². The van der Waals surface area contributed by atoms with E-state index in [1.54, 1.807) is 6.33 Å². The molecule has 0 aliphatic heterocycles. The van der Waals surface area contributed by atoms with Crippen molar-refractivity contribution in [2.75, 3.05) is 0 Å². The first-order valence-corrected chi connectivity index (χ1v) is 6.69. The van der Waals surface area contributed by atoms with Gasteiger partial charge in [0, 0.05) is 5.56 Å². The summed E-state index contributed by atoms with van der Waals surface area (Å²) in [4.78, 5) is 4.34. The molecule has 100 valence electrons. The van der Waals surface area contributed by atoms with Crippen molar-refractivity contribution in [3.05, 3.63) is 65.0 Å². The maximum Gasteiger partial charge on any atom is 0.118 e. The molecule has 3 aromatic rings. The highest BCUT2D eigenvalue weighted by Crippen LogP contribution is 2.15. The molecule has 1 heterocycles. The van der Waals surface area contributed by atoms with Crippen molar-refractivity contribution >= 4 is 17.2 Å². The van der Waals surface area contributed by atoms with Gasteiger partial charge in [-0.2, -0.15) is 5.10 Å². The van der Waals surface area contributed by atoms with Crippen LogP contribution in [-0.4, -0.2) is 15.9 Å². The lowest BCUT2D eigenvalue weighted by atomic mass is 10.0. The zero-order valence-electron chi connectivity index (χ0n) is 12.0. The largest absolute Gasteiger partial charge is 0.235 e. The number of aromatic nitrogens is 2. The van der Waals surface area contributed by atoms with Crippen molar-refractivity contribution in [2.24, 2.45) is 5.10 Å². The molecule has 2 aromatic carbocycles. The Bertz CT molecular complexity index is 774. The van der Waals surface area contributed by atoms with Crippen LogP contribution < -0.4 is 0 Å². The molecular weight excluding hydrogens is 246 g/mol. The lowest BCUT2D eigenvalue weighted by Gasteiger charge is -2.06. The van der Waals surface area contributed by atoms with Crippen LogP contribution in [0.25, 0.3) is 11.0 Å². The van der Waals surface area contributed by atoms with Gasteiger partial charge in [-0.15, -0.1) is 0 Å². The van der Waals surface area contributed by atoms with Crippen LogP contribution in [0, 0.1) is 20.8 Å². The van der Waals surface area contributed by atoms with Crippen molar-refractivity contribution in [2.45, 2.75) is 20.8 Å². The molecule has 0 N–H and O–H groups in total. The molecule has 3 heteroatoms. The van der Waals surface area contributed by atoms with Crippen molar-refractivity contribution in [3.63, 3.8) is 0 Å². The normalized spacial score (nSPS) is 11.6. The first kappa shape index (κ1) is 12.6. The van der Waals surface area contributed by atoms with E-state index in [0.29, 0.717) is 0 Å². The van der Waals surface area contributed by atoms with Crippen LogP contribution in [0.1, 0.15) is 22.3 Å². The lowest BCUT2D eigenvalue weighted by molar-refractivity contribution is 0.914. The average Bonchev–Trinajstić information content (AvgIpc) is 2.81. The lowest BCUT2D eigenvalue weighted by Crippen LogP contribution is -1.96. The van der Waals surface area contributed by atoms with E-state index >= 15 is 0 Å². The number of benzene rings is 2. The number of hydrogen-bond donors (Lipinski definition) is 0. The number of imidazole rings is 1. The Morgan fingerprint density at radius 2 is 1.75 bits per heavy atom. The molecule has 0 atom stereocenters. The molecular formula is C17H17N3. The standard InChI is InChI=1S/C17H17N3/c1-12-8-13(2)15(14(3)9-12)10-19-20-11-18-16-6-4-5-7-17(16)20/h4-11H,1-3H3/b19-10-. The highest BCUT2D eigenvalue weighted by molar-refractivity contribution is 5.84. The molecule has 0 bridgehead atoms. The van der Waals surface area contributed by atoms with Gasteiger partial charge < -0.3 is 0 Å². The first-order chi connectivity index (χ1) is 9.65. The van der Waals surface area contributed by atoms with E-state index < -0.39 is 0 Å². The minimum Gasteiger partial charge on any atom is -0.235 e. The van der Waals surface area contributed by atoms with Crippen LogP contribution in [0.2, 0.25) is 0 Å². The molecule has 0 spiro atoms. The second-order valence-corrected chi connectivity index (χ2v) is 5.13. The smallest absolute Gasteiger partial charge is 0.118 e. The molecule has 0 fully saturated rings. The van der Waals surface area contributed by atoms with Gasteiger partial charge in [-0.3, -0.25) is 0 Å². The van der Waals surface area contributed by atoms with Crippen LogP contribution >= 0.6 is 0 Å². The van der Waals surface area contributed by atoms with E-state index in [2.05, 4.69) is 43.0 Å². The van der Waals surface area contributed by atoms with Gasteiger partial charge >= 0.3 is 0 Å². The Morgan fingerprint density at radius 3 is 2.50 bits per heavy atom. The predicted molar refractivity (Wildman–Crippen MR) is 83.4 cm³/mol. The highest BCUT2D eigenvalue weighted by atomic mass is 15.4. The van der Waals surface area contributed by atoms with E-state index in [1.807, 2.05) is 35.2 Å². The molecule has 3 rings (SSSR count). The van der Waals surface area contributed by atoms with Gasteiger partial charge in [-0.1, -0.05) is 29.8 Å².